The molecule has 0 bridgehead atoms. The zero-order chi connectivity index (χ0) is 10.6. The number of carbonyl (C=O) groups is 1. The molecule has 1 aromatic carbocycles. The maximum absolute atomic E-state index is 11.2. The molecule has 0 saturated heterocycles. The predicted molar refractivity (Wildman–Crippen MR) is 65.9 cm³/mol. The van der Waals surface area contributed by atoms with Crippen LogP contribution in [0.5, 0.6) is 0 Å². The van der Waals surface area contributed by atoms with Gasteiger partial charge in [0.15, 0.2) is 0 Å². The maximum atomic E-state index is 11.2. The average molecular weight is 303 g/mol. The monoisotopic (exact) mass is 303 g/mol. The largest absolute Gasteiger partial charge is 0.339 e. The van der Waals surface area contributed by atoms with Gasteiger partial charge in [-0.25, -0.2) is 0 Å². The van der Waals surface area contributed by atoms with E-state index in [1.54, 1.807) is 6.92 Å². The standard InChI is InChI=1S/C11H14INO/c1-3-13(9(2)14)8-10-4-6-11(12)7-5-10/h4-7H,3,8H2,1-2H3. The SMILES string of the molecule is CCN(Cc1ccc(I)cc1)C(C)=O. The Hall–Kier alpha value is -0.580. The number of rotatable bonds is 3. The normalized spacial score (nSPS) is 9.93. The van der Waals surface area contributed by atoms with Crippen LogP contribution in [0.15, 0.2) is 24.3 Å². The molecule has 0 atom stereocenters. The first-order valence-electron chi connectivity index (χ1n) is 4.63. The highest BCUT2D eigenvalue weighted by Gasteiger charge is 2.05. The van der Waals surface area contributed by atoms with E-state index in [4.69, 9.17) is 0 Å². The lowest BCUT2D eigenvalue weighted by Crippen LogP contribution is -2.27. The summed E-state index contributed by atoms with van der Waals surface area (Å²) in [4.78, 5) is 13.0. The Morgan fingerprint density at radius 2 is 1.93 bits per heavy atom. The highest BCUT2D eigenvalue weighted by molar-refractivity contribution is 14.1. The molecule has 2 nitrogen and oxygen atoms in total. The van der Waals surface area contributed by atoms with Crippen LogP contribution in [0.3, 0.4) is 0 Å². The van der Waals surface area contributed by atoms with Gasteiger partial charge in [0.25, 0.3) is 0 Å². The van der Waals surface area contributed by atoms with Crippen molar-refractivity contribution in [1.29, 1.82) is 0 Å². The second-order valence-corrected chi connectivity index (χ2v) is 4.41. The third kappa shape index (κ3) is 3.29. The van der Waals surface area contributed by atoms with Crippen LogP contribution in [-0.4, -0.2) is 17.4 Å². The van der Waals surface area contributed by atoms with Crippen molar-refractivity contribution in [1.82, 2.24) is 4.90 Å². The van der Waals surface area contributed by atoms with Crippen LogP contribution >= 0.6 is 22.6 Å². The molecule has 0 aliphatic rings. The summed E-state index contributed by atoms with van der Waals surface area (Å²) in [5, 5.41) is 0. The molecule has 0 fully saturated rings. The molecule has 14 heavy (non-hydrogen) atoms. The van der Waals surface area contributed by atoms with Crippen LogP contribution in [0.2, 0.25) is 0 Å². The summed E-state index contributed by atoms with van der Waals surface area (Å²) in [6.07, 6.45) is 0. The van der Waals surface area contributed by atoms with Crippen LogP contribution < -0.4 is 0 Å². The lowest BCUT2D eigenvalue weighted by molar-refractivity contribution is -0.129. The van der Waals surface area contributed by atoms with E-state index in [1.807, 2.05) is 11.8 Å². The van der Waals surface area contributed by atoms with Crippen molar-refractivity contribution in [3.8, 4) is 0 Å². The van der Waals surface area contributed by atoms with E-state index < -0.39 is 0 Å². The van der Waals surface area contributed by atoms with Crippen molar-refractivity contribution in [3.63, 3.8) is 0 Å². The van der Waals surface area contributed by atoms with E-state index in [0.29, 0.717) is 6.54 Å². The van der Waals surface area contributed by atoms with Crippen LogP contribution in [-0.2, 0) is 11.3 Å². The van der Waals surface area contributed by atoms with E-state index in [-0.39, 0.29) is 5.91 Å². The van der Waals surface area contributed by atoms with Gasteiger partial charge in [-0.3, -0.25) is 4.79 Å². The number of amides is 1. The van der Waals surface area contributed by atoms with E-state index in [9.17, 15) is 4.79 Å². The minimum absolute atomic E-state index is 0.131. The fourth-order valence-electron chi connectivity index (χ4n) is 1.26. The number of hydrogen-bond donors (Lipinski definition) is 0. The smallest absolute Gasteiger partial charge is 0.219 e. The molecule has 0 aromatic heterocycles. The van der Waals surface area contributed by atoms with Gasteiger partial charge in [-0.2, -0.15) is 0 Å². The van der Waals surface area contributed by atoms with Gasteiger partial charge < -0.3 is 4.90 Å². The third-order valence-electron chi connectivity index (χ3n) is 2.11. The van der Waals surface area contributed by atoms with Gasteiger partial charge in [0.05, 0.1) is 0 Å². The van der Waals surface area contributed by atoms with Gasteiger partial charge in [0, 0.05) is 23.6 Å². The lowest BCUT2D eigenvalue weighted by Gasteiger charge is -2.18. The summed E-state index contributed by atoms with van der Waals surface area (Å²) in [7, 11) is 0. The molecule has 0 aliphatic heterocycles. The van der Waals surface area contributed by atoms with Gasteiger partial charge in [-0.15, -0.1) is 0 Å². The summed E-state index contributed by atoms with van der Waals surface area (Å²) < 4.78 is 1.22. The van der Waals surface area contributed by atoms with Crippen LogP contribution in [0.1, 0.15) is 19.4 Å². The Bertz CT molecular complexity index is 308. The van der Waals surface area contributed by atoms with Crippen LogP contribution in [0, 0.1) is 3.57 Å². The van der Waals surface area contributed by atoms with E-state index in [1.165, 1.54) is 9.13 Å². The van der Waals surface area contributed by atoms with Gasteiger partial charge in [-0.05, 0) is 47.2 Å². The summed E-state index contributed by atoms with van der Waals surface area (Å²) in [6, 6.07) is 8.24. The molecule has 1 amide bonds. The maximum Gasteiger partial charge on any atom is 0.219 e. The minimum atomic E-state index is 0.131. The molecule has 0 saturated carbocycles. The molecule has 76 valence electrons. The molecule has 1 rings (SSSR count). The van der Waals surface area contributed by atoms with E-state index in [0.717, 1.165) is 6.54 Å². The minimum Gasteiger partial charge on any atom is -0.339 e. The molecule has 0 N–H and O–H groups in total. The third-order valence-corrected chi connectivity index (χ3v) is 2.83. The molecule has 0 spiro atoms. The number of hydrogen-bond acceptors (Lipinski definition) is 1. The van der Waals surface area contributed by atoms with Gasteiger partial charge in [0.1, 0.15) is 0 Å². The lowest BCUT2D eigenvalue weighted by atomic mass is 10.2. The number of nitrogens with zero attached hydrogens (tertiary/aromatic N) is 1. The van der Waals surface area contributed by atoms with Gasteiger partial charge >= 0.3 is 0 Å². The van der Waals surface area contributed by atoms with Crippen molar-refractivity contribution in [2.45, 2.75) is 20.4 Å². The Balaban J connectivity index is 2.67. The van der Waals surface area contributed by atoms with Crippen molar-refractivity contribution in [3.05, 3.63) is 33.4 Å². The molecular weight excluding hydrogens is 289 g/mol. The zero-order valence-corrected chi connectivity index (χ0v) is 10.6. The van der Waals surface area contributed by atoms with E-state index >= 15 is 0 Å². The summed E-state index contributed by atoms with van der Waals surface area (Å²) in [5.74, 6) is 0.131. The quantitative estimate of drug-likeness (QED) is 0.786. The Morgan fingerprint density at radius 3 is 2.36 bits per heavy atom. The van der Waals surface area contributed by atoms with Crippen molar-refractivity contribution in [2.24, 2.45) is 0 Å². The van der Waals surface area contributed by atoms with Crippen LogP contribution in [0.4, 0.5) is 0 Å². The predicted octanol–water partition coefficient (Wildman–Crippen LogP) is 2.66. The number of carbonyl (C=O) groups excluding carboxylic acids is 1. The first-order chi connectivity index (χ1) is 6.63. The van der Waals surface area contributed by atoms with Gasteiger partial charge in [0.2, 0.25) is 5.91 Å². The first-order valence-corrected chi connectivity index (χ1v) is 5.71. The molecule has 0 heterocycles. The first kappa shape index (κ1) is 11.5. The topological polar surface area (TPSA) is 20.3 Å². The average Bonchev–Trinajstić information content (AvgIpc) is 2.16. The highest BCUT2D eigenvalue weighted by atomic mass is 127. The molecule has 1 aromatic rings. The van der Waals surface area contributed by atoms with Crippen LogP contribution in [0.25, 0.3) is 0 Å². The molecule has 3 heteroatoms. The fourth-order valence-corrected chi connectivity index (χ4v) is 1.62. The second kappa shape index (κ2) is 5.34. The fraction of sp³-hybridized carbons (Fsp3) is 0.364. The summed E-state index contributed by atoms with van der Waals surface area (Å²) >= 11 is 2.27. The molecule has 0 unspecified atom stereocenters. The Kier molecular flexibility index (Phi) is 4.38. The Morgan fingerprint density at radius 1 is 1.36 bits per heavy atom. The number of halogens is 1. The zero-order valence-electron chi connectivity index (χ0n) is 8.46. The van der Waals surface area contributed by atoms with E-state index in [2.05, 4.69) is 46.9 Å². The Labute approximate surface area is 98.4 Å². The molecule has 0 aliphatic carbocycles. The molecule has 0 radical (unpaired) electrons. The highest BCUT2D eigenvalue weighted by Crippen LogP contribution is 2.09. The summed E-state index contributed by atoms with van der Waals surface area (Å²) in [5.41, 5.74) is 1.18. The summed E-state index contributed by atoms with van der Waals surface area (Å²) in [6.45, 7) is 5.08. The number of benzene rings is 1. The van der Waals surface area contributed by atoms with Gasteiger partial charge in [-0.1, -0.05) is 12.1 Å². The van der Waals surface area contributed by atoms with Crippen molar-refractivity contribution >= 4 is 28.5 Å². The van der Waals surface area contributed by atoms with Crippen molar-refractivity contribution < 1.29 is 4.79 Å². The molecular formula is C11H14INO. The second-order valence-electron chi connectivity index (χ2n) is 3.16. The van der Waals surface area contributed by atoms with Crippen molar-refractivity contribution in [2.75, 3.05) is 6.54 Å².